The van der Waals surface area contributed by atoms with Crippen LogP contribution in [0.15, 0.2) is 66.1 Å². The molecule has 0 aliphatic heterocycles. The van der Waals surface area contributed by atoms with E-state index in [1.165, 1.54) is 16.0 Å². The van der Waals surface area contributed by atoms with Crippen LogP contribution in [0.1, 0.15) is 11.1 Å². The van der Waals surface area contributed by atoms with Crippen LogP contribution in [0.25, 0.3) is 0 Å². The van der Waals surface area contributed by atoms with E-state index < -0.39 is 0 Å². The molecule has 0 unspecified atom stereocenters. The molecule has 2 aromatic rings. The minimum atomic E-state index is 0.852. The normalized spacial score (nSPS) is 10.3. The summed E-state index contributed by atoms with van der Waals surface area (Å²) in [5, 5.41) is 3.49. The highest BCUT2D eigenvalue weighted by Gasteiger charge is 2.01. The molecule has 2 nitrogen and oxygen atoms in total. The highest BCUT2D eigenvalue weighted by atomic mass is 32.2. The summed E-state index contributed by atoms with van der Waals surface area (Å²) in [6.45, 7) is 5.49. The van der Waals surface area contributed by atoms with E-state index in [0.29, 0.717) is 0 Å². The van der Waals surface area contributed by atoms with Gasteiger partial charge in [-0.2, -0.15) is 0 Å². The molecule has 0 heterocycles. The van der Waals surface area contributed by atoms with E-state index in [-0.39, 0.29) is 0 Å². The van der Waals surface area contributed by atoms with Crippen molar-refractivity contribution in [1.82, 2.24) is 5.32 Å². The maximum absolute atomic E-state index is 5.16. The molecule has 110 valence electrons. The maximum Gasteiger partial charge on any atom is 0.118 e. The molecule has 1 N–H and O–H groups in total. The van der Waals surface area contributed by atoms with Gasteiger partial charge in [-0.05, 0) is 29.3 Å². The zero-order valence-corrected chi connectivity index (χ0v) is 13.2. The molecule has 2 aromatic carbocycles. The lowest BCUT2D eigenvalue weighted by atomic mass is 10.2. The largest absolute Gasteiger partial charge is 0.497 e. The molecule has 0 radical (unpaired) electrons. The monoisotopic (exact) mass is 299 g/mol. The summed E-state index contributed by atoms with van der Waals surface area (Å²) >= 11 is 1.82. The first kappa shape index (κ1) is 15.7. The van der Waals surface area contributed by atoms with Crippen LogP contribution < -0.4 is 10.1 Å². The van der Waals surface area contributed by atoms with Crippen molar-refractivity contribution in [3.05, 3.63) is 72.3 Å². The number of methoxy groups -OCH3 is 1. The van der Waals surface area contributed by atoms with Gasteiger partial charge in [-0.25, -0.2) is 0 Å². The molecule has 3 heteroatoms. The highest BCUT2D eigenvalue weighted by Crippen LogP contribution is 2.22. The number of ether oxygens (including phenoxy) is 1. The van der Waals surface area contributed by atoms with Crippen molar-refractivity contribution >= 4 is 11.8 Å². The first-order valence-electron chi connectivity index (χ1n) is 6.98. The Labute approximate surface area is 131 Å². The number of rotatable bonds is 8. The van der Waals surface area contributed by atoms with Gasteiger partial charge in [-0.3, -0.25) is 0 Å². The van der Waals surface area contributed by atoms with Gasteiger partial charge in [0.2, 0.25) is 0 Å². The van der Waals surface area contributed by atoms with Crippen LogP contribution in [0.5, 0.6) is 5.75 Å². The van der Waals surface area contributed by atoms with Crippen molar-refractivity contribution in [3.8, 4) is 5.75 Å². The van der Waals surface area contributed by atoms with Crippen LogP contribution in [0, 0.1) is 0 Å². The number of hydrogen-bond acceptors (Lipinski definition) is 3. The topological polar surface area (TPSA) is 21.3 Å². The average molecular weight is 299 g/mol. The molecule has 21 heavy (non-hydrogen) atoms. The molecule has 0 aromatic heterocycles. The number of nitrogens with one attached hydrogen (secondary N) is 1. The SMILES string of the molecule is C=CCSc1ccccc1CNCc1ccc(OC)cc1. The van der Waals surface area contributed by atoms with Crippen molar-refractivity contribution in [2.75, 3.05) is 12.9 Å². The smallest absolute Gasteiger partial charge is 0.118 e. The summed E-state index contributed by atoms with van der Waals surface area (Å²) in [6, 6.07) is 16.7. The highest BCUT2D eigenvalue weighted by molar-refractivity contribution is 7.99. The van der Waals surface area contributed by atoms with Crippen LogP contribution in [0.4, 0.5) is 0 Å². The van der Waals surface area contributed by atoms with Crippen molar-refractivity contribution in [3.63, 3.8) is 0 Å². The Kier molecular flexibility index (Phi) is 6.38. The second-order valence-electron chi connectivity index (χ2n) is 4.66. The van der Waals surface area contributed by atoms with Gasteiger partial charge < -0.3 is 10.1 Å². The summed E-state index contributed by atoms with van der Waals surface area (Å²) in [4.78, 5) is 1.32. The fraction of sp³-hybridized carbons (Fsp3) is 0.222. The van der Waals surface area contributed by atoms with Gasteiger partial charge in [0, 0.05) is 23.7 Å². The van der Waals surface area contributed by atoms with Gasteiger partial charge in [-0.15, -0.1) is 18.3 Å². The Bertz CT molecular complexity index is 566. The zero-order chi connectivity index (χ0) is 14.9. The Balaban J connectivity index is 1.89. The van der Waals surface area contributed by atoms with Gasteiger partial charge in [-0.1, -0.05) is 36.4 Å². The van der Waals surface area contributed by atoms with E-state index in [0.717, 1.165) is 24.6 Å². The van der Waals surface area contributed by atoms with Crippen LogP contribution >= 0.6 is 11.8 Å². The van der Waals surface area contributed by atoms with Gasteiger partial charge in [0.1, 0.15) is 5.75 Å². The molecule has 0 aliphatic rings. The van der Waals surface area contributed by atoms with Crippen molar-refractivity contribution < 1.29 is 4.74 Å². The predicted molar refractivity (Wildman–Crippen MR) is 90.9 cm³/mol. The molecule has 0 aliphatic carbocycles. The molecule has 2 rings (SSSR count). The quantitative estimate of drug-likeness (QED) is 0.581. The minimum absolute atomic E-state index is 0.852. The Morgan fingerprint density at radius 3 is 2.57 bits per heavy atom. The third-order valence-electron chi connectivity index (χ3n) is 3.13. The first-order chi connectivity index (χ1) is 10.3. The van der Waals surface area contributed by atoms with Gasteiger partial charge in [0.15, 0.2) is 0 Å². The van der Waals surface area contributed by atoms with E-state index in [1.54, 1.807) is 7.11 Å². The Morgan fingerprint density at radius 1 is 1.10 bits per heavy atom. The Morgan fingerprint density at radius 2 is 1.86 bits per heavy atom. The van der Waals surface area contributed by atoms with E-state index in [2.05, 4.69) is 48.3 Å². The van der Waals surface area contributed by atoms with E-state index in [1.807, 2.05) is 30.0 Å². The average Bonchev–Trinajstić information content (AvgIpc) is 2.54. The standard InChI is InChI=1S/C18H21NOS/c1-3-12-21-18-7-5-4-6-16(18)14-19-13-15-8-10-17(20-2)11-9-15/h3-11,19H,1,12-14H2,2H3. The minimum Gasteiger partial charge on any atom is -0.497 e. The third-order valence-corrected chi connectivity index (χ3v) is 4.24. The molecule has 0 fully saturated rings. The zero-order valence-electron chi connectivity index (χ0n) is 12.3. The molecule has 0 spiro atoms. The van der Waals surface area contributed by atoms with Crippen LogP contribution in [0.3, 0.4) is 0 Å². The molecule has 0 amide bonds. The van der Waals surface area contributed by atoms with Crippen molar-refractivity contribution in [2.45, 2.75) is 18.0 Å². The molecule has 0 saturated carbocycles. The van der Waals surface area contributed by atoms with E-state index in [9.17, 15) is 0 Å². The lowest BCUT2D eigenvalue weighted by molar-refractivity contribution is 0.414. The molecule has 0 saturated heterocycles. The van der Waals surface area contributed by atoms with Crippen molar-refractivity contribution in [2.24, 2.45) is 0 Å². The van der Waals surface area contributed by atoms with E-state index in [4.69, 9.17) is 4.74 Å². The first-order valence-corrected chi connectivity index (χ1v) is 7.97. The fourth-order valence-corrected chi connectivity index (χ4v) is 2.82. The molecular weight excluding hydrogens is 278 g/mol. The predicted octanol–water partition coefficient (Wildman–Crippen LogP) is 4.26. The lowest BCUT2D eigenvalue weighted by Crippen LogP contribution is -2.13. The lowest BCUT2D eigenvalue weighted by Gasteiger charge is -2.10. The number of benzene rings is 2. The second kappa shape index (κ2) is 8.55. The van der Waals surface area contributed by atoms with Crippen LogP contribution in [0.2, 0.25) is 0 Å². The number of hydrogen-bond donors (Lipinski definition) is 1. The fourth-order valence-electron chi connectivity index (χ4n) is 2.02. The van der Waals surface area contributed by atoms with Crippen molar-refractivity contribution in [1.29, 1.82) is 0 Å². The van der Waals surface area contributed by atoms with E-state index >= 15 is 0 Å². The van der Waals surface area contributed by atoms with Gasteiger partial charge >= 0.3 is 0 Å². The summed E-state index contributed by atoms with van der Waals surface area (Å²) in [5.41, 5.74) is 2.59. The second-order valence-corrected chi connectivity index (χ2v) is 5.72. The maximum atomic E-state index is 5.16. The van der Waals surface area contributed by atoms with Crippen LogP contribution in [-0.4, -0.2) is 12.9 Å². The summed E-state index contributed by atoms with van der Waals surface area (Å²) < 4.78 is 5.16. The molecule has 0 atom stereocenters. The Hall–Kier alpha value is -1.71. The summed E-state index contributed by atoms with van der Waals surface area (Å²) in [6.07, 6.45) is 1.94. The van der Waals surface area contributed by atoms with Gasteiger partial charge in [0.05, 0.1) is 7.11 Å². The molecule has 0 bridgehead atoms. The number of thioether (sulfide) groups is 1. The summed E-state index contributed by atoms with van der Waals surface area (Å²) in [7, 11) is 1.69. The third kappa shape index (κ3) is 4.96. The summed E-state index contributed by atoms with van der Waals surface area (Å²) in [5.74, 6) is 1.83. The molecular formula is C18H21NOS. The van der Waals surface area contributed by atoms with Gasteiger partial charge in [0.25, 0.3) is 0 Å². The van der Waals surface area contributed by atoms with Crippen LogP contribution in [-0.2, 0) is 13.1 Å².